The SMILES string of the molecule is COc1cccc(/C=C/c2cc(O)c(CC=C(C)C)c(OC)c2)n1. The van der Waals surface area contributed by atoms with E-state index < -0.39 is 0 Å². The van der Waals surface area contributed by atoms with E-state index in [1.807, 2.05) is 44.2 Å². The zero-order chi connectivity index (χ0) is 17.5. The molecular formula is C20H23NO3. The fraction of sp³-hybridized carbons (Fsp3) is 0.250. The number of hydrogen-bond acceptors (Lipinski definition) is 4. The number of allylic oxidation sites excluding steroid dienone is 2. The maximum atomic E-state index is 10.3. The monoisotopic (exact) mass is 325 g/mol. The van der Waals surface area contributed by atoms with Crippen LogP contribution in [0.2, 0.25) is 0 Å². The first-order chi connectivity index (χ1) is 11.5. The molecule has 4 heteroatoms. The van der Waals surface area contributed by atoms with E-state index in [0.29, 0.717) is 18.1 Å². The van der Waals surface area contributed by atoms with E-state index in [1.165, 1.54) is 5.57 Å². The molecule has 1 aromatic carbocycles. The average Bonchev–Trinajstić information content (AvgIpc) is 2.58. The van der Waals surface area contributed by atoms with Crippen molar-refractivity contribution in [2.75, 3.05) is 14.2 Å². The van der Waals surface area contributed by atoms with Crippen LogP contribution in [-0.2, 0) is 6.42 Å². The van der Waals surface area contributed by atoms with Crippen LogP contribution in [0.25, 0.3) is 12.2 Å². The lowest BCUT2D eigenvalue weighted by molar-refractivity contribution is 0.397. The number of phenolic OH excluding ortho intramolecular Hbond substituents is 1. The zero-order valence-corrected chi connectivity index (χ0v) is 14.5. The predicted octanol–water partition coefficient (Wildman–Crippen LogP) is 4.48. The number of phenols is 1. The minimum Gasteiger partial charge on any atom is -0.507 e. The van der Waals surface area contributed by atoms with E-state index in [9.17, 15) is 5.11 Å². The van der Waals surface area contributed by atoms with Gasteiger partial charge in [-0.25, -0.2) is 4.98 Å². The Bertz CT molecular complexity index is 759. The van der Waals surface area contributed by atoms with Gasteiger partial charge in [0.2, 0.25) is 5.88 Å². The standard InChI is InChI=1S/C20H23NO3/c1-14(2)8-11-17-18(22)12-15(13-19(17)23-3)9-10-16-6-5-7-20(21-16)24-4/h5-10,12-13,22H,11H2,1-4H3/b10-9+. The van der Waals surface area contributed by atoms with Crippen molar-refractivity contribution in [3.05, 3.63) is 58.8 Å². The Morgan fingerprint density at radius 2 is 1.92 bits per heavy atom. The number of methoxy groups -OCH3 is 2. The molecule has 0 atom stereocenters. The van der Waals surface area contributed by atoms with Crippen LogP contribution < -0.4 is 9.47 Å². The van der Waals surface area contributed by atoms with Crippen LogP contribution in [0.5, 0.6) is 17.4 Å². The molecule has 2 rings (SSSR count). The molecule has 1 N–H and O–H groups in total. The first kappa shape index (κ1) is 17.6. The molecule has 2 aromatic rings. The van der Waals surface area contributed by atoms with Gasteiger partial charge < -0.3 is 14.6 Å². The van der Waals surface area contributed by atoms with Crippen LogP contribution in [0, 0.1) is 0 Å². The highest BCUT2D eigenvalue weighted by Crippen LogP contribution is 2.31. The summed E-state index contributed by atoms with van der Waals surface area (Å²) in [5, 5.41) is 10.3. The van der Waals surface area contributed by atoms with Gasteiger partial charge in [0.1, 0.15) is 11.5 Å². The maximum Gasteiger partial charge on any atom is 0.213 e. The van der Waals surface area contributed by atoms with Crippen LogP contribution in [-0.4, -0.2) is 24.3 Å². The number of pyridine rings is 1. The third-order valence-electron chi connectivity index (χ3n) is 3.54. The molecule has 0 amide bonds. The Balaban J connectivity index is 2.29. The molecule has 4 nitrogen and oxygen atoms in total. The van der Waals surface area contributed by atoms with E-state index in [0.717, 1.165) is 16.8 Å². The van der Waals surface area contributed by atoms with E-state index in [2.05, 4.69) is 11.1 Å². The quantitative estimate of drug-likeness (QED) is 0.795. The fourth-order valence-corrected chi connectivity index (χ4v) is 2.26. The van der Waals surface area contributed by atoms with Gasteiger partial charge in [-0.2, -0.15) is 0 Å². The maximum absolute atomic E-state index is 10.3. The molecule has 1 aromatic heterocycles. The van der Waals surface area contributed by atoms with Crippen LogP contribution in [0.15, 0.2) is 42.0 Å². The summed E-state index contributed by atoms with van der Waals surface area (Å²) in [6.07, 6.45) is 6.45. The van der Waals surface area contributed by atoms with E-state index in [-0.39, 0.29) is 5.75 Å². The Kier molecular flexibility index (Phi) is 6.01. The summed E-state index contributed by atoms with van der Waals surface area (Å²) in [7, 11) is 3.20. The van der Waals surface area contributed by atoms with E-state index in [4.69, 9.17) is 9.47 Å². The lowest BCUT2D eigenvalue weighted by atomic mass is 10.0. The minimum absolute atomic E-state index is 0.227. The van der Waals surface area contributed by atoms with Gasteiger partial charge in [0.05, 0.1) is 19.9 Å². The molecular weight excluding hydrogens is 302 g/mol. The molecule has 0 fully saturated rings. The molecule has 0 spiro atoms. The van der Waals surface area contributed by atoms with Crippen molar-refractivity contribution in [2.24, 2.45) is 0 Å². The summed E-state index contributed by atoms with van der Waals surface area (Å²) < 4.78 is 10.5. The number of ether oxygens (including phenoxy) is 2. The van der Waals surface area contributed by atoms with Crippen LogP contribution in [0.1, 0.15) is 30.7 Å². The largest absolute Gasteiger partial charge is 0.507 e. The number of benzene rings is 1. The van der Waals surface area contributed by atoms with Crippen molar-refractivity contribution >= 4 is 12.2 Å². The summed E-state index contributed by atoms with van der Waals surface area (Å²) in [5.41, 5.74) is 3.61. The van der Waals surface area contributed by atoms with Crippen molar-refractivity contribution in [3.63, 3.8) is 0 Å². The molecule has 126 valence electrons. The molecule has 0 aliphatic heterocycles. The van der Waals surface area contributed by atoms with Crippen molar-refractivity contribution in [1.29, 1.82) is 0 Å². The molecule has 0 aliphatic carbocycles. The van der Waals surface area contributed by atoms with Gasteiger partial charge in [0.15, 0.2) is 0 Å². The lowest BCUT2D eigenvalue weighted by Gasteiger charge is -2.10. The Labute approximate surface area is 143 Å². The molecule has 0 aliphatic rings. The second kappa shape index (κ2) is 8.20. The fourth-order valence-electron chi connectivity index (χ4n) is 2.26. The van der Waals surface area contributed by atoms with Crippen LogP contribution >= 0.6 is 0 Å². The summed E-state index contributed by atoms with van der Waals surface area (Å²) in [4.78, 5) is 4.33. The second-order valence-electron chi connectivity index (χ2n) is 5.64. The summed E-state index contributed by atoms with van der Waals surface area (Å²) >= 11 is 0. The first-order valence-electron chi connectivity index (χ1n) is 7.76. The van der Waals surface area contributed by atoms with Crippen molar-refractivity contribution in [3.8, 4) is 17.4 Å². The highest BCUT2D eigenvalue weighted by molar-refractivity contribution is 5.70. The van der Waals surface area contributed by atoms with Gasteiger partial charge >= 0.3 is 0 Å². The van der Waals surface area contributed by atoms with Crippen molar-refractivity contribution < 1.29 is 14.6 Å². The van der Waals surface area contributed by atoms with Gasteiger partial charge in [-0.1, -0.05) is 23.8 Å². The Hall–Kier alpha value is -2.75. The van der Waals surface area contributed by atoms with Crippen molar-refractivity contribution in [1.82, 2.24) is 4.98 Å². The normalized spacial score (nSPS) is 10.7. The van der Waals surface area contributed by atoms with Gasteiger partial charge in [-0.3, -0.25) is 0 Å². The van der Waals surface area contributed by atoms with Crippen molar-refractivity contribution in [2.45, 2.75) is 20.3 Å². The lowest BCUT2D eigenvalue weighted by Crippen LogP contribution is -1.93. The molecule has 0 saturated heterocycles. The third-order valence-corrected chi connectivity index (χ3v) is 3.54. The van der Waals surface area contributed by atoms with Crippen LogP contribution in [0.3, 0.4) is 0 Å². The molecule has 1 heterocycles. The third kappa shape index (κ3) is 4.62. The zero-order valence-electron chi connectivity index (χ0n) is 14.5. The highest BCUT2D eigenvalue weighted by atomic mass is 16.5. The minimum atomic E-state index is 0.227. The number of nitrogens with zero attached hydrogens (tertiary/aromatic N) is 1. The molecule has 0 unspecified atom stereocenters. The summed E-state index contributed by atoms with van der Waals surface area (Å²) in [5.74, 6) is 1.46. The van der Waals surface area contributed by atoms with Gasteiger partial charge in [-0.05, 0) is 50.1 Å². The first-order valence-corrected chi connectivity index (χ1v) is 7.76. The van der Waals surface area contributed by atoms with E-state index >= 15 is 0 Å². The Morgan fingerprint density at radius 1 is 1.12 bits per heavy atom. The molecule has 0 radical (unpaired) electrons. The topological polar surface area (TPSA) is 51.6 Å². The Morgan fingerprint density at radius 3 is 2.58 bits per heavy atom. The molecule has 0 bridgehead atoms. The second-order valence-corrected chi connectivity index (χ2v) is 5.64. The number of aromatic hydroxyl groups is 1. The number of aromatic nitrogens is 1. The van der Waals surface area contributed by atoms with Gasteiger partial charge in [0.25, 0.3) is 0 Å². The number of rotatable bonds is 6. The molecule has 0 saturated carbocycles. The predicted molar refractivity (Wildman–Crippen MR) is 97.5 cm³/mol. The summed E-state index contributed by atoms with van der Waals surface area (Å²) in [6.45, 7) is 4.06. The van der Waals surface area contributed by atoms with Gasteiger partial charge in [-0.15, -0.1) is 0 Å². The smallest absolute Gasteiger partial charge is 0.213 e. The highest BCUT2D eigenvalue weighted by Gasteiger charge is 2.09. The molecule has 24 heavy (non-hydrogen) atoms. The van der Waals surface area contributed by atoms with E-state index in [1.54, 1.807) is 26.4 Å². The van der Waals surface area contributed by atoms with Gasteiger partial charge in [0, 0.05) is 11.6 Å². The summed E-state index contributed by atoms with van der Waals surface area (Å²) in [6, 6.07) is 9.20. The van der Waals surface area contributed by atoms with Crippen LogP contribution in [0.4, 0.5) is 0 Å². The number of hydrogen-bond donors (Lipinski definition) is 1. The average molecular weight is 325 g/mol.